The van der Waals surface area contributed by atoms with E-state index in [2.05, 4.69) is 43.3 Å². The van der Waals surface area contributed by atoms with Crippen LogP contribution in [0.2, 0.25) is 0 Å². The van der Waals surface area contributed by atoms with Crippen LogP contribution in [-0.4, -0.2) is 0 Å². The lowest BCUT2D eigenvalue weighted by molar-refractivity contribution is 0.289. The zero-order chi connectivity index (χ0) is 21.8. The van der Waals surface area contributed by atoms with Gasteiger partial charge in [-0.05, 0) is 77.8 Å². The summed E-state index contributed by atoms with van der Waals surface area (Å²) in [6.45, 7) is 3.96. The average molecular weight is 419 g/mol. The van der Waals surface area contributed by atoms with Gasteiger partial charge in [-0.2, -0.15) is 0 Å². The van der Waals surface area contributed by atoms with Crippen LogP contribution in [-0.2, 0) is 19.3 Å². The molecule has 3 aromatic carbocycles. The number of aryl methyl sites for hydroxylation is 1. The third kappa shape index (κ3) is 5.61. The van der Waals surface area contributed by atoms with Gasteiger partial charge < -0.3 is 0 Å². The first-order chi connectivity index (χ1) is 15.0. The van der Waals surface area contributed by atoms with Gasteiger partial charge in [0.1, 0.15) is 0 Å². The van der Waals surface area contributed by atoms with E-state index < -0.39 is 11.6 Å². The smallest absolute Gasteiger partial charge is 0.162 e. The minimum Gasteiger partial charge on any atom is -0.203 e. The molecule has 0 radical (unpaired) electrons. The first kappa shape index (κ1) is 21.7. The summed E-state index contributed by atoms with van der Waals surface area (Å²) in [7, 11) is 0. The molecule has 0 amide bonds. The van der Waals surface area contributed by atoms with E-state index in [4.69, 9.17) is 0 Å². The Morgan fingerprint density at radius 2 is 1.16 bits per heavy atom. The first-order valence-corrected chi connectivity index (χ1v) is 11.6. The Morgan fingerprint density at radius 1 is 0.645 bits per heavy atom. The van der Waals surface area contributed by atoms with Crippen LogP contribution in [0.4, 0.5) is 8.78 Å². The second-order valence-electron chi connectivity index (χ2n) is 9.49. The fourth-order valence-electron chi connectivity index (χ4n) is 4.71. The van der Waals surface area contributed by atoms with Gasteiger partial charge in [-0.1, -0.05) is 80.4 Å². The van der Waals surface area contributed by atoms with Gasteiger partial charge >= 0.3 is 0 Å². The molecule has 0 spiro atoms. The molecule has 0 nitrogen and oxygen atoms in total. The number of halogens is 2. The van der Waals surface area contributed by atoms with Crippen molar-refractivity contribution >= 4 is 0 Å². The van der Waals surface area contributed by atoms with E-state index in [-0.39, 0.29) is 0 Å². The molecule has 0 aromatic heterocycles. The van der Waals surface area contributed by atoms with Crippen molar-refractivity contribution in [1.82, 2.24) is 0 Å². The molecule has 1 aliphatic rings. The van der Waals surface area contributed by atoms with Crippen molar-refractivity contribution < 1.29 is 8.78 Å². The van der Waals surface area contributed by atoms with Crippen molar-refractivity contribution in [2.75, 3.05) is 0 Å². The van der Waals surface area contributed by atoms with Crippen LogP contribution in [0.15, 0.2) is 60.7 Å². The average Bonchev–Trinajstić information content (AvgIpc) is 2.78. The Balaban J connectivity index is 1.34. The van der Waals surface area contributed by atoms with Gasteiger partial charge in [0, 0.05) is 6.42 Å². The number of rotatable bonds is 6. The lowest BCUT2D eigenvalue weighted by atomic mass is 9.80. The van der Waals surface area contributed by atoms with Crippen LogP contribution in [0.5, 0.6) is 0 Å². The summed E-state index contributed by atoms with van der Waals surface area (Å²) >= 11 is 0. The molecule has 1 fully saturated rings. The predicted octanol–water partition coefficient (Wildman–Crippen LogP) is 7.82. The third-order valence-electron chi connectivity index (χ3n) is 6.86. The third-order valence-corrected chi connectivity index (χ3v) is 6.86. The van der Waals surface area contributed by atoms with E-state index in [9.17, 15) is 8.78 Å². The maximum absolute atomic E-state index is 14.1. The van der Waals surface area contributed by atoms with Gasteiger partial charge in [-0.3, -0.25) is 0 Å². The Bertz CT molecular complexity index is 994. The zero-order valence-corrected chi connectivity index (χ0v) is 18.6. The molecule has 0 aliphatic heterocycles. The van der Waals surface area contributed by atoms with Crippen molar-refractivity contribution in [1.29, 1.82) is 0 Å². The molecule has 0 saturated heterocycles. The van der Waals surface area contributed by atoms with Gasteiger partial charge in [0.05, 0.1) is 0 Å². The molecule has 0 heterocycles. The zero-order valence-electron chi connectivity index (χ0n) is 18.6. The van der Waals surface area contributed by atoms with Crippen molar-refractivity contribution in [3.8, 4) is 0 Å². The van der Waals surface area contributed by atoms with Crippen LogP contribution in [0.25, 0.3) is 0 Å². The van der Waals surface area contributed by atoms with Crippen LogP contribution >= 0.6 is 0 Å². The highest BCUT2D eigenvalue weighted by Gasteiger charge is 2.18. The minimum atomic E-state index is -0.740. The van der Waals surface area contributed by atoms with Crippen molar-refractivity contribution in [3.63, 3.8) is 0 Å². The van der Waals surface area contributed by atoms with Crippen LogP contribution in [0.3, 0.4) is 0 Å². The topological polar surface area (TPSA) is 0 Å². The minimum absolute atomic E-state index is 0.343. The van der Waals surface area contributed by atoms with Gasteiger partial charge in [0.25, 0.3) is 0 Å². The van der Waals surface area contributed by atoms with Crippen LogP contribution in [0.1, 0.15) is 66.0 Å². The molecular weight excluding hydrogens is 386 g/mol. The maximum atomic E-state index is 14.1. The van der Waals surface area contributed by atoms with Gasteiger partial charge in [0.15, 0.2) is 11.6 Å². The molecule has 31 heavy (non-hydrogen) atoms. The molecule has 4 rings (SSSR count). The predicted molar refractivity (Wildman–Crippen MR) is 124 cm³/mol. The molecule has 1 aliphatic carbocycles. The molecule has 0 atom stereocenters. The maximum Gasteiger partial charge on any atom is 0.162 e. The molecule has 162 valence electrons. The lowest BCUT2D eigenvalue weighted by Gasteiger charge is -2.26. The molecule has 1 saturated carbocycles. The quantitative estimate of drug-likeness (QED) is 0.383. The summed E-state index contributed by atoms with van der Waals surface area (Å²) in [5.41, 5.74) is 5.72. The number of hydrogen-bond acceptors (Lipinski definition) is 0. The second kappa shape index (κ2) is 9.77. The SMILES string of the molecule is Cc1ccc(Cc2ccc(Cc3ccc(CC4CCC(C)CC4)cc3)cc2)c(F)c1F. The van der Waals surface area contributed by atoms with Crippen LogP contribution in [0, 0.1) is 30.4 Å². The fraction of sp³-hybridized carbons (Fsp3) is 0.379. The van der Waals surface area contributed by atoms with E-state index in [1.807, 2.05) is 12.1 Å². The molecule has 2 heteroatoms. The largest absolute Gasteiger partial charge is 0.203 e. The summed E-state index contributed by atoms with van der Waals surface area (Å²) in [5, 5.41) is 0. The van der Waals surface area contributed by atoms with E-state index >= 15 is 0 Å². The van der Waals surface area contributed by atoms with Crippen molar-refractivity contribution in [2.24, 2.45) is 11.8 Å². The molecule has 3 aromatic rings. The van der Waals surface area contributed by atoms with Crippen molar-refractivity contribution in [2.45, 2.75) is 58.8 Å². The number of benzene rings is 3. The highest BCUT2D eigenvalue weighted by molar-refractivity contribution is 5.34. The summed E-state index contributed by atoms with van der Waals surface area (Å²) in [6.07, 6.45) is 7.99. The summed E-state index contributed by atoms with van der Waals surface area (Å²) < 4.78 is 27.9. The fourth-order valence-corrected chi connectivity index (χ4v) is 4.71. The lowest BCUT2D eigenvalue weighted by Crippen LogP contribution is -2.14. The van der Waals surface area contributed by atoms with Gasteiger partial charge in [-0.15, -0.1) is 0 Å². The monoisotopic (exact) mass is 418 g/mol. The highest BCUT2D eigenvalue weighted by Crippen LogP contribution is 2.30. The summed E-state index contributed by atoms with van der Waals surface area (Å²) in [6, 6.07) is 20.6. The molecule has 0 bridgehead atoms. The van der Waals surface area contributed by atoms with Gasteiger partial charge in [0.2, 0.25) is 0 Å². The molecule has 0 N–H and O–H groups in total. The standard InChI is InChI=1S/C29H32F2/c1-20-3-6-22(7-4-20)17-23-8-10-24(11-9-23)18-25-12-14-26(15-13-25)19-27-16-5-21(2)28(30)29(27)31/h5,8-16,20,22H,3-4,6-7,17-19H2,1-2H3. The van der Waals surface area contributed by atoms with E-state index in [0.29, 0.717) is 17.5 Å². The Hall–Kier alpha value is -2.48. The van der Waals surface area contributed by atoms with Crippen molar-refractivity contribution in [3.05, 3.63) is 106 Å². The van der Waals surface area contributed by atoms with E-state index in [1.54, 1.807) is 19.1 Å². The highest BCUT2D eigenvalue weighted by atomic mass is 19.2. The first-order valence-electron chi connectivity index (χ1n) is 11.6. The number of hydrogen-bond donors (Lipinski definition) is 0. The summed E-state index contributed by atoms with van der Waals surface area (Å²) in [5.74, 6) is 0.283. The second-order valence-corrected chi connectivity index (χ2v) is 9.49. The normalized spacial score (nSPS) is 18.8. The van der Waals surface area contributed by atoms with E-state index in [0.717, 1.165) is 23.8 Å². The Labute approximate surface area is 185 Å². The van der Waals surface area contributed by atoms with Gasteiger partial charge in [-0.25, -0.2) is 8.78 Å². The van der Waals surface area contributed by atoms with Crippen LogP contribution < -0.4 is 0 Å². The Morgan fingerprint density at radius 3 is 1.74 bits per heavy atom. The van der Waals surface area contributed by atoms with E-state index in [1.165, 1.54) is 48.8 Å². The summed E-state index contributed by atoms with van der Waals surface area (Å²) in [4.78, 5) is 0. The Kier molecular flexibility index (Phi) is 6.85. The molecule has 0 unspecified atom stereocenters. The molecular formula is C29H32F2.